The highest BCUT2D eigenvalue weighted by Crippen LogP contribution is 2.55. The van der Waals surface area contributed by atoms with Crippen molar-refractivity contribution in [2.45, 2.75) is 63.3 Å². The van der Waals surface area contributed by atoms with E-state index in [1.165, 1.54) is 38.5 Å². The smallest absolute Gasteiger partial charge is 0.315 e. The molecule has 0 aromatic rings. The number of aliphatic hydroxyl groups excluding tert-OH is 1. The molecule has 4 nitrogen and oxygen atoms in total. The van der Waals surface area contributed by atoms with Gasteiger partial charge in [-0.2, -0.15) is 0 Å². The van der Waals surface area contributed by atoms with Crippen molar-refractivity contribution in [1.29, 1.82) is 0 Å². The highest BCUT2D eigenvalue weighted by atomic mass is 16.3. The predicted molar refractivity (Wildman–Crippen MR) is 80.8 cm³/mol. The van der Waals surface area contributed by atoms with Crippen LogP contribution >= 0.6 is 0 Å². The quantitative estimate of drug-likeness (QED) is 0.729. The molecule has 4 bridgehead atoms. The van der Waals surface area contributed by atoms with Gasteiger partial charge in [0.25, 0.3) is 0 Å². The van der Waals surface area contributed by atoms with Crippen LogP contribution in [0.25, 0.3) is 0 Å². The number of nitrogens with one attached hydrogen (secondary N) is 2. The lowest BCUT2D eigenvalue weighted by Gasteiger charge is -2.56. The van der Waals surface area contributed by atoms with Crippen LogP contribution in [-0.2, 0) is 0 Å². The molecule has 0 aliphatic heterocycles. The summed E-state index contributed by atoms with van der Waals surface area (Å²) in [5, 5.41) is 15.5. The SMILES string of the molecule is O=C(NCC1(CCO)CC1)NC12CC3CC(CC(C3)C1)C2. The molecule has 0 heterocycles. The number of hydrogen-bond acceptors (Lipinski definition) is 2. The molecule has 3 N–H and O–H groups in total. The third-order valence-corrected chi connectivity index (χ3v) is 6.64. The Hall–Kier alpha value is -0.770. The molecular formula is C17H28N2O2. The Balaban J connectivity index is 1.32. The third-order valence-electron chi connectivity index (χ3n) is 6.64. The van der Waals surface area contributed by atoms with Gasteiger partial charge < -0.3 is 15.7 Å². The lowest BCUT2D eigenvalue weighted by atomic mass is 9.53. The fourth-order valence-electron chi connectivity index (χ4n) is 5.75. The topological polar surface area (TPSA) is 61.4 Å². The van der Waals surface area contributed by atoms with Crippen molar-refractivity contribution in [2.24, 2.45) is 23.2 Å². The predicted octanol–water partition coefficient (Wildman–Crippen LogP) is 2.42. The van der Waals surface area contributed by atoms with Crippen molar-refractivity contribution in [3.05, 3.63) is 0 Å². The van der Waals surface area contributed by atoms with Crippen molar-refractivity contribution in [1.82, 2.24) is 10.6 Å². The summed E-state index contributed by atoms with van der Waals surface area (Å²) in [4.78, 5) is 12.3. The van der Waals surface area contributed by atoms with Gasteiger partial charge in [0.2, 0.25) is 0 Å². The molecule has 0 saturated heterocycles. The molecule has 5 aliphatic rings. The lowest BCUT2D eigenvalue weighted by molar-refractivity contribution is -0.0136. The zero-order chi connectivity index (χ0) is 14.5. The van der Waals surface area contributed by atoms with Crippen LogP contribution in [0.5, 0.6) is 0 Å². The molecule has 0 aromatic carbocycles. The van der Waals surface area contributed by atoms with Gasteiger partial charge in [0.1, 0.15) is 0 Å². The highest BCUT2D eigenvalue weighted by molar-refractivity contribution is 5.75. The van der Waals surface area contributed by atoms with Crippen LogP contribution in [0.1, 0.15) is 57.8 Å². The first-order valence-corrected chi connectivity index (χ1v) is 8.77. The van der Waals surface area contributed by atoms with Crippen molar-refractivity contribution in [3.63, 3.8) is 0 Å². The molecule has 0 aromatic heterocycles. The van der Waals surface area contributed by atoms with Crippen LogP contribution in [0.2, 0.25) is 0 Å². The van der Waals surface area contributed by atoms with E-state index in [0.717, 1.165) is 43.6 Å². The highest BCUT2D eigenvalue weighted by Gasteiger charge is 2.51. The maximum Gasteiger partial charge on any atom is 0.315 e. The van der Waals surface area contributed by atoms with E-state index in [2.05, 4.69) is 10.6 Å². The van der Waals surface area contributed by atoms with E-state index in [0.29, 0.717) is 0 Å². The number of amides is 2. The molecule has 5 fully saturated rings. The van der Waals surface area contributed by atoms with Crippen LogP contribution in [0.4, 0.5) is 4.79 Å². The number of hydrogen-bond donors (Lipinski definition) is 3. The van der Waals surface area contributed by atoms with Gasteiger partial charge >= 0.3 is 6.03 Å². The van der Waals surface area contributed by atoms with Crippen LogP contribution < -0.4 is 10.6 Å². The van der Waals surface area contributed by atoms with Crippen LogP contribution in [-0.4, -0.2) is 29.8 Å². The normalized spacial score (nSPS) is 41.9. The van der Waals surface area contributed by atoms with Crippen LogP contribution in [0, 0.1) is 23.2 Å². The minimum absolute atomic E-state index is 0.0289. The van der Waals surface area contributed by atoms with E-state index in [1.807, 2.05) is 0 Å². The summed E-state index contributed by atoms with van der Waals surface area (Å²) in [6.45, 7) is 0.962. The van der Waals surface area contributed by atoms with Gasteiger partial charge in [-0.25, -0.2) is 4.79 Å². The summed E-state index contributed by atoms with van der Waals surface area (Å²) in [5.41, 5.74) is 0.306. The Morgan fingerprint density at radius 2 is 1.62 bits per heavy atom. The number of aliphatic hydroxyl groups is 1. The molecule has 0 unspecified atom stereocenters. The van der Waals surface area contributed by atoms with E-state index in [9.17, 15) is 4.79 Å². The molecule has 2 amide bonds. The Morgan fingerprint density at radius 1 is 1.05 bits per heavy atom. The second-order valence-electron chi connectivity index (χ2n) is 8.48. The molecular weight excluding hydrogens is 264 g/mol. The molecule has 4 heteroatoms. The Kier molecular flexibility index (Phi) is 3.21. The minimum atomic E-state index is 0.0289. The van der Waals surface area contributed by atoms with Gasteiger partial charge in [-0.05, 0) is 81.0 Å². The van der Waals surface area contributed by atoms with Gasteiger partial charge in [-0.15, -0.1) is 0 Å². The van der Waals surface area contributed by atoms with E-state index in [4.69, 9.17) is 5.11 Å². The second kappa shape index (κ2) is 4.87. The molecule has 5 aliphatic carbocycles. The van der Waals surface area contributed by atoms with Crippen molar-refractivity contribution < 1.29 is 9.90 Å². The van der Waals surface area contributed by atoms with Crippen molar-refractivity contribution in [2.75, 3.05) is 13.2 Å². The standard InChI is InChI=1S/C17H28N2O2/c20-4-3-16(1-2-16)11-18-15(21)19-17-8-12-5-13(9-17)7-14(6-12)10-17/h12-14,20H,1-11H2,(H2,18,19,21). The Morgan fingerprint density at radius 3 is 2.10 bits per heavy atom. The number of carbonyl (C=O) groups is 1. The summed E-state index contributed by atoms with van der Waals surface area (Å²) in [6.07, 6.45) is 10.9. The summed E-state index contributed by atoms with van der Waals surface area (Å²) in [5.74, 6) is 2.59. The molecule has 0 radical (unpaired) electrons. The minimum Gasteiger partial charge on any atom is -0.396 e. The van der Waals surface area contributed by atoms with Gasteiger partial charge in [0, 0.05) is 18.7 Å². The number of rotatable bonds is 5. The summed E-state index contributed by atoms with van der Waals surface area (Å²) >= 11 is 0. The zero-order valence-corrected chi connectivity index (χ0v) is 12.9. The zero-order valence-electron chi connectivity index (χ0n) is 12.9. The van der Waals surface area contributed by atoms with E-state index in [1.54, 1.807) is 0 Å². The maximum atomic E-state index is 12.3. The number of carbonyl (C=O) groups excluding carboxylic acids is 1. The first-order chi connectivity index (χ1) is 10.1. The average Bonchev–Trinajstić information content (AvgIpc) is 3.15. The number of urea groups is 1. The molecule has 5 saturated carbocycles. The van der Waals surface area contributed by atoms with Gasteiger partial charge in [0.05, 0.1) is 0 Å². The summed E-state index contributed by atoms with van der Waals surface area (Å²) in [6, 6.07) is 0.0289. The monoisotopic (exact) mass is 292 g/mol. The molecule has 21 heavy (non-hydrogen) atoms. The third kappa shape index (κ3) is 2.67. The largest absolute Gasteiger partial charge is 0.396 e. The molecule has 0 spiro atoms. The fourth-order valence-corrected chi connectivity index (χ4v) is 5.75. The van der Waals surface area contributed by atoms with E-state index < -0.39 is 0 Å². The first-order valence-electron chi connectivity index (χ1n) is 8.77. The average molecular weight is 292 g/mol. The molecule has 5 rings (SSSR count). The summed E-state index contributed by atoms with van der Waals surface area (Å²) < 4.78 is 0. The maximum absolute atomic E-state index is 12.3. The van der Waals surface area contributed by atoms with E-state index in [-0.39, 0.29) is 23.6 Å². The second-order valence-corrected chi connectivity index (χ2v) is 8.48. The Labute approximate surface area is 127 Å². The first kappa shape index (κ1) is 13.9. The van der Waals surface area contributed by atoms with Crippen LogP contribution in [0.3, 0.4) is 0 Å². The van der Waals surface area contributed by atoms with Crippen molar-refractivity contribution in [3.8, 4) is 0 Å². The molecule has 0 atom stereocenters. The Bertz CT molecular complexity index is 395. The summed E-state index contributed by atoms with van der Waals surface area (Å²) in [7, 11) is 0. The van der Waals surface area contributed by atoms with E-state index >= 15 is 0 Å². The van der Waals surface area contributed by atoms with Gasteiger partial charge in [-0.3, -0.25) is 0 Å². The lowest BCUT2D eigenvalue weighted by Crippen LogP contribution is -2.61. The van der Waals surface area contributed by atoms with Crippen molar-refractivity contribution >= 4 is 6.03 Å². The fraction of sp³-hybridized carbons (Fsp3) is 0.941. The van der Waals surface area contributed by atoms with Gasteiger partial charge in [0.15, 0.2) is 0 Å². The van der Waals surface area contributed by atoms with Gasteiger partial charge in [-0.1, -0.05) is 0 Å². The molecule has 118 valence electrons. The van der Waals surface area contributed by atoms with Crippen LogP contribution in [0.15, 0.2) is 0 Å².